The number of rotatable bonds is 5. The van der Waals surface area contributed by atoms with Gasteiger partial charge >= 0.3 is 0 Å². The minimum atomic E-state index is 0.0792. The minimum Gasteiger partial charge on any atom is -0.478 e. The third-order valence-corrected chi connectivity index (χ3v) is 3.85. The van der Waals surface area contributed by atoms with E-state index in [0.29, 0.717) is 6.54 Å². The zero-order valence-electron chi connectivity index (χ0n) is 11.9. The molecule has 0 heterocycles. The Hall–Kier alpha value is -2.47. The number of benzene rings is 2. The van der Waals surface area contributed by atoms with Gasteiger partial charge in [0.2, 0.25) is 0 Å². The highest BCUT2D eigenvalue weighted by atomic mass is 16.5. The fourth-order valence-corrected chi connectivity index (χ4v) is 2.78. The molecule has 0 aliphatic heterocycles. The fourth-order valence-electron chi connectivity index (χ4n) is 2.78. The van der Waals surface area contributed by atoms with Crippen LogP contribution < -0.4 is 10.1 Å². The molecular formula is C18H18N2O. The summed E-state index contributed by atoms with van der Waals surface area (Å²) in [4.78, 5) is 0. The van der Waals surface area contributed by atoms with Crippen LogP contribution in [0.2, 0.25) is 0 Å². The van der Waals surface area contributed by atoms with Gasteiger partial charge in [-0.2, -0.15) is 5.26 Å². The number of nitrogens with one attached hydrogen (secondary N) is 1. The van der Waals surface area contributed by atoms with Crippen molar-refractivity contribution in [1.82, 2.24) is 0 Å². The number of nitriles is 1. The van der Waals surface area contributed by atoms with E-state index in [0.717, 1.165) is 17.0 Å². The Morgan fingerprint density at radius 3 is 2.86 bits per heavy atom. The average molecular weight is 278 g/mol. The van der Waals surface area contributed by atoms with Gasteiger partial charge in [-0.1, -0.05) is 24.3 Å². The normalized spacial score (nSPS) is 12.5. The van der Waals surface area contributed by atoms with Gasteiger partial charge in [0.25, 0.3) is 0 Å². The predicted molar refractivity (Wildman–Crippen MR) is 83.3 cm³/mol. The zero-order chi connectivity index (χ0) is 14.5. The second-order valence-corrected chi connectivity index (χ2v) is 5.25. The first-order valence-corrected chi connectivity index (χ1v) is 7.30. The van der Waals surface area contributed by atoms with Crippen molar-refractivity contribution in [2.75, 3.05) is 11.9 Å². The van der Waals surface area contributed by atoms with E-state index in [-0.39, 0.29) is 6.61 Å². The minimum absolute atomic E-state index is 0.0792. The molecule has 3 heteroatoms. The molecule has 106 valence electrons. The number of anilines is 1. The molecule has 3 rings (SSSR count). The molecule has 0 atom stereocenters. The first kappa shape index (κ1) is 13.5. The molecule has 0 aromatic heterocycles. The number of nitrogens with zero attached hydrogens (tertiary/aromatic N) is 1. The van der Waals surface area contributed by atoms with Crippen molar-refractivity contribution < 1.29 is 4.74 Å². The van der Waals surface area contributed by atoms with Gasteiger partial charge in [-0.05, 0) is 48.6 Å². The summed E-state index contributed by atoms with van der Waals surface area (Å²) in [5, 5.41) is 12.1. The highest BCUT2D eigenvalue weighted by molar-refractivity contribution is 5.51. The molecule has 2 aromatic rings. The summed E-state index contributed by atoms with van der Waals surface area (Å²) < 4.78 is 5.45. The second-order valence-electron chi connectivity index (χ2n) is 5.25. The molecule has 1 N–H and O–H groups in total. The molecule has 2 aromatic carbocycles. The van der Waals surface area contributed by atoms with Crippen molar-refractivity contribution in [3.8, 4) is 11.8 Å². The highest BCUT2D eigenvalue weighted by Gasteiger charge is 2.10. The number of fused-ring (bicyclic) bond motifs is 1. The van der Waals surface area contributed by atoms with E-state index in [9.17, 15) is 0 Å². The molecule has 0 fully saturated rings. The zero-order valence-corrected chi connectivity index (χ0v) is 11.9. The van der Waals surface area contributed by atoms with E-state index in [4.69, 9.17) is 10.00 Å². The van der Waals surface area contributed by atoms with Gasteiger partial charge in [0.05, 0.1) is 0 Å². The summed E-state index contributed by atoms with van der Waals surface area (Å²) in [6.45, 7) is 0.774. The molecule has 0 saturated heterocycles. The van der Waals surface area contributed by atoms with Crippen molar-refractivity contribution >= 4 is 5.69 Å². The van der Waals surface area contributed by atoms with Crippen LogP contribution in [0.15, 0.2) is 42.5 Å². The molecule has 0 bridgehead atoms. The van der Waals surface area contributed by atoms with Crippen molar-refractivity contribution in [1.29, 1.82) is 5.26 Å². The maximum absolute atomic E-state index is 8.63. The Labute approximate surface area is 125 Å². The molecule has 1 aliphatic carbocycles. The van der Waals surface area contributed by atoms with Crippen molar-refractivity contribution in [3.63, 3.8) is 0 Å². The summed E-state index contributed by atoms with van der Waals surface area (Å²) in [7, 11) is 0. The van der Waals surface area contributed by atoms with Gasteiger partial charge in [0.15, 0.2) is 6.61 Å². The second kappa shape index (κ2) is 6.32. The maximum atomic E-state index is 8.63. The number of hydrogen-bond acceptors (Lipinski definition) is 3. The quantitative estimate of drug-likeness (QED) is 0.907. The lowest BCUT2D eigenvalue weighted by molar-refractivity contribution is 0.364. The van der Waals surface area contributed by atoms with Crippen LogP contribution >= 0.6 is 0 Å². The lowest BCUT2D eigenvalue weighted by atomic mass is 10.1. The van der Waals surface area contributed by atoms with Crippen LogP contribution in [0.1, 0.15) is 23.1 Å². The first-order valence-electron chi connectivity index (χ1n) is 7.30. The highest BCUT2D eigenvalue weighted by Crippen LogP contribution is 2.26. The van der Waals surface area contributed by atoms with E-state index in [2.05, 4.69) is 23.5 Å². The van der Waals surface area contributed by atoms with Gasteiger partial charge in [0.1, 0.15) is 11.8 Å². The largest absolute Gasteiger partial charge is 0.478 e. The van der Waals surface area contributed by atoms with Crippen molar-refractivity contribution in [2.45, 2.75) is 25.8 Å². The van der Waals surface area contributed by atoms with E-state index in [1.165, 1.54) is 30.4 Å². The third kappa shape index (κ3) is 3.17. The van der Waals surface area contributed by atoms with Crippen molar-refractivity contribution in [3.05, 3.63) is 59.2 Å². The number of aryl methyl sites for hydroxylation is 2. The Bertz CT molecular complexity index is 673. The number of hydrogen-bond donors (Lipinski definition) is 1. The number of para-hydroxylation sites is 1. The van der Waals surface area contributed by atoms with E-state index in [1.807, 2.05) is 30.3 Å². The average Bonchev–Trinajstić information content (AvgIpc) is 2.99. The van der Waals surface area contributed by atoms with E-state index < -0.39 is 0 Å². The van der Waals surface area contributed by atoms with Gasteiger partial charge in [-0.3, -0.25) is 0 Å². The predicted octanol–water partition coefficient (Wildman–Crippen LogP) is 3.69. The maximum Gasteiger partial charge on any atom is 0.174 e. The van der Waals surface area contributed by atoms with Gasteiger partial charge < -0.3 is 10.1 Å². The Morgan fingerprint density at radius 2 is 1.95 bits per heavy atom. The molecule has 0 amide bonds. The van der Waals surface area contributed by atoms with Crippen LogP contribution in [0.25, 0.3) is 0 Å². The van der Waals surface area contributed by atoms with Gasteiger partial charge in [0, 0.05) is 17.8 Å². The third-order valence-electron chi connectivity index (χ3n) is 3.85. The SMILES string of the molecule is N#CCOc1ccccc1CNc1ccc2c(c1)CCC2. The van der Waals surface area contributed by atoms with Crippen LogP contribution in [-0.4, -0.2) is 6.61 Å². The smallest absolute Gasteiger partial charge is 0.174 e. The Balaban J connectivity index is 1.69. The standard InChI is InChI=1S/C18H18N2O/c19-10-11-21-18-7-2-1-4-16(18)13-20-17-9-8-14-5-3-6-15(14)12-17/h1-2,4,7-9,12,20H,3,5-6,11,13H2. The molecule has 21 heavy (non-hydrogen) atoms. The Kier molecular flexibility index (Phi) is 4.07. The topological polar surface area (TPSA) is 45.0 Å². The lowest BCUT2D eigenvalue weighted by Gasteiger charge is -2.12. The molecule has 1 aliphatic rings. The molecule has 0 radical (unpaired) electrons. The van der Waals surface area contributed by atoms with Crippen LogP contribution in [0.3, 0.4) is 0 Å². The van der Waals surface area contributed by atoms with Gasteiger partial charge in [-0.15, -0.1) is 0 Å². The summed E-state index contributed by atoms with van der Waals surface area (Å²) in [5.74, 6) is 0.771. The summed E-state index contributed by atoms with van der Waals surface area (Å²) in [6, 6.07) is 16.4. The van der Waals surface area contributed by atoms with Crippen molar-refractivity contribution in [2.24, 2.45) is 0 Å². The lowest BCUT2D eigenvalue weighted by Crippen LogP contribution is -2.04. The summed E-state index contributed by atoms with van der Waals surface area (Å²) in [6.07, 6.45) is 3.66. The molecule has 0 unspecified atom stereocenters. The monoisotopic (exact) mass is 278 g/mol. The van der Waals surface area contributed by atoms with E-state index >= 15 is 0 Å². The first-order chi connectivity index (χ1) is 10.4. The fraction of sp³-hybridized carbons (Fsp3) is 0.278. The van der Waals surface area contributed by atoms with E-state index in [1.54, 1.807) is 0 Å². The summed E-state index contributed by atoms with van der Waals surface area (Å²) in [5.41, 5.74) is 5.16. The van der Waals surface area contributed by atoms with Crippen LogP contribution in [-0.2, 0) is 19.4 Å². The van der Waals surface area contributed by atoms with Crippen LogP contribution in [0, 0.1) is 11.3 Å². The van der Waals surface area contributed by atoms with Crippen LogP contribution in [0.5, 0.6) is 5.75 Å². The van der Waals surface area contributed by atoms with Gasteiger partial charge in [-0.25, -0.2) is 0 Å². The number of ether oxygens (including phenoxy) is 1. The molecular weight excluding hydrogens is 260 g/mol. The van der Waals surface area contributed by atoms with Crippen LogP contribution in [0.4, 0.5) is 5.69 Å². The summed E-state index contributed by atoms with van der Waals surface area (Å²) >= 11 is 0. The molecule has 0 spiro atoms. The molecule has 0 saturated carbocycles. The molecule has 3 nitrogen and oxygen atoms in total. The Morgan fingerprint density at radius 1 is 1.10 bits per heavy atom.